The highest BCUT2D eigenvalue weighted by molar-refractivity contribution is 5.22. The Labute approximate surface area is 84.7 Å². The molecule has 1 aromatic rings. The second-order valence-electron chi connectivity index (χ2n) is 3.66. The zero-order valence-corrected chi connectivity index (χ0v) is 8.95. The number of aryl methyl sites for hydroxylation is 1. The van der Waals surface area contributed by atoms with Crippen LogP contribution in [0, 0.1) is 6.92 Å². The number of pyridine rings is 1. The van der Waals surface area contributed by atoms with Crippen molar-refractivity contribution in [3.05, 3.63) is 29.6 Å². The van der Waals surface area contributed by atoms with Gasteiger partial charge in [-0.2, -0.15) is 0 Å². The quantitative estimate of drug-likeness (QED) is 0.794. The lowest BCUT2D eigenvalue weighted by Crippen LogP contribution is -2.28. The summed E-state index contributed by atoms with van der Waals surface area (Å²) in [7, 11) is 0. The monoisotopic (exact) mass is 195 g/mol. The SMILES string of the molecule is CCOCC(C)(O)c1cncc(C)c1. The van der Waals surface area contributed by atoms with Crippen molar-refractivity contribution >= 4 is 0 Å². The third-order valence-corrected chi connectivity index (χ3v) is 2.08. The Morgan fingerprint density at radius 3 is 2.79 bits per heavy atom. The molecule has 3 heteroatoms. The largest absolute Gasteiger partial charge is 0.383 e. The topological polar surface area (TPSA) is 42.4 Å². The number of hydrogen-bond acceptors (Lipinski definition) is 3. The van der Waals surface area contributed by atoms with Crippen molar-refractivity contribution in [2.24, 2.45) is 0 Å². The maximum Gasteiger partial charge on any atom is 0.112 e. The summed E-state index contributed by atoms with van der Waals surface area (Å²) in [5, 5.41) is 10.1. The fraction of sp³-hybridized carbons (Fsp3) is 0.545. The van der Waals surface area contributed by atoms with Crippen molar-refractivity contribution in [2.45, 2.75) is 26.4 Å². The van der Waals surface area contributed by atoms with Gasteiger partial charge in [0.2, 0.25) is 0 Å². The molecule has 1 unspecified atom stereocenters. The van der Waals surface area contributed by atoms with Gasteiger partial charge in [-0.1, -0.05) is 6.07 Å². The van der Waals surface area contributed by atoms with Crippen LogP contribution in [-0.2, 0) is 10.3 Å². The minimum atomic E-state index is -0.949. The van der Waals surface area contributed by atoms with Crippen LogP contribution in [-0.4, -0.2) is 23.3 Å². The molecule has 0 aliphatic heterocycles. The van der Waals surface area contributed by atoms with Gasteiger partial charge in [0.1, 0.15) is 5.60 Å². The maximum atomic E-state index is 10.1. The van der Waals surface area contributed by atoms with Crippen molar-refractivity contribution in [1.82, 2.24) is 4.98 Å². The second-order valence-corrected chi connectivity index (χ2v) is 3.66. The fourth-order valence-electron chi connectivity index (χ4n) is 1.23. The van der Waals surface area contributed by atoms with Gasteiger partial charge in [-0.15, -0.1) is 0 Å². The van der Waals surface area contributed by atoms with Crippen LogP contribution in [0.25, 0.3) is 0 Å². The van der Waals surface area contributed by atoms with E-state index in [-0.39, 0.29) is 0 Å². The summed E-state index contributed by atoms with van der Waals surface area (Å²) in [5.74, 6) is 0. The second kappa shape index (κ2) is 4.53. The highest BCUT2D eigenvalue weighted by Gasteiger charge is 2.23. The van der Waals surface area contributed by atoms with Gasteiger partial charge < -0.3 is 9.84 Å². The Morgan fingerprint density at radius 1 is 1.50 bits per heavy atom. The van der Waals surface area contributed by atoms with Gasteiger partial charge in [-0.25, -0.2) is 0 Å². The zero-order valence-electron chi connectivity index (χ0n) is 8.95. The molecule has 14 heavy (non-hydrogen) atoms. The summed E-state index contributed by atoms with van der Waals surface area (Å²) in [6.45, 7) is 6.50. The van der Waals surface area contributed by atoms with E-state index in [1.165, 1.54) is 0 Å². The predicted octanol–water partition coefficient (Wildman–Crippen LogP) is 1.63. The van der Waals surface area contributed by atoms with Crippen molar-refractivity contribution in [1.29, 1.82) is 0 Å². The Kier molecular flexibility index (Phi) is 3.61. The Hall–Kier alpha value is -0.930. The average molecular weight is 195 g/mol. The van der Waals surface area contributed by atoms with Crippen molar-refractivity contribution in [3.8, 4) is 0 Å². The summed E-state index contributed by atoms with van der Waals surface area (Å²) >= 11 is 0. The lowest BCUT2D eigenvalue weighted by molar-refractivity contribution is -0.0345. The van der Waals surface area contributed by atoms with Crippen molar-refractivity contribution in [3.63, 3.8) is 0 Å². The smallest absolute Gasteiger partial charge is 0.112 e. The van der Waals surface area contributed by atoms with Crippen LogP contribution in [0.1, 0.15) is 25.0 Å². The van der Waals surface area contributed by atoms with Gasteiger partial charge in [0.05, 0.1) is 6.61 Å². The summed E-state index contributed by atoms with van der Waals surface area (Å²) in [4.78, 5) is 4.04. The van der Waals surface area contributed by atoms with Gasteiger partial charge in [0, 0.05) is 24.6 Å². The van der Waals surface area contributed by atoms with Crippen LogP contribution in [0.15, 0.2) is 18.5 Å². The molecule has 1 atom stereocenters. The summed E-state index contributed by atoms with van der Waals surface area (Å²) in [6.07, 6.45) is 3.44. The van der Waals surface area contributed by atoms with Crippen LogP contribution in [0.2, 0.25) is 0 Å². The normalized spacial score (nSPS) is 15.1. The average Bonchev–Trinajstić information content (AvgIpc) is 2.15. The number of nitrogens with zero attached hydrogens (tertiary/aromatic N) is 1. The molecule has 0 aromatic carbocycles. The number of ether oxygens (including phenoxy) is 1. The molecule has 0 amide bonds. The van der Waals surface area contributed by atoms with Crippen LogP contribution in [0.3, 0.4) is 0 Å². The molecular weight excluding hydrogens is 178 g/mol. The summed E-state index contributed by atoms with van der Waals surface area (Å²) in [6, 6.07) is 1.92. The lowest BCUT2D eigenvalue weighted by atomic mass is 9.98. The minimum absolute atomic E-state index is 0.300. The molecule has 0 radical (unpaired) electrons. The van der Waals surface area contributed by atoms with Crippen LogP contribution < -0.4 is 0 Å². The molecular formula is C11H17NO2. The van der Waals surface area contributed by atoms with Crippen molar-refractivity contribution in [2.75, 3.05) is 13.2 Å². The third-order valence-electron chi connectivity index (χ3n) is 2.08. The van der Waals surface area contributed by atoms with E-state index in [0.29, 0.717) is 13.2 Å². The first-order chi connectivity index (χ1) is 6.56. The van der Waals surface area contributed by atoms with Gasteiger partial charge >= 0.3 is 0 Å². The van der Waals surface area contributed by atoms with E-state index in [2.05, 4.69) is 4.98 Å². The van der Waals surface area contributed by atoms with E-state index >= 15 is 0 Å². The lowest BCUT2D eigenvalue weighted by Gasteiger charge is -2.23. The highest BCUT2D eigenvalue weighted by Crippen LogP contribution is 2.20. The molecule has 1 N–H and O–H groups in total. The Morgan fingerprint density at radius 2 is 2.21 bits per heavy atom. The molecule has 1 rings (SSSR count). The zero-order chi connectivity index (χ0) is 10.6. The molecule has 1 heterocycles. The van der Waals surface area contributed by atoms with Gasteiger partial charge in [0.25, 0.3) is 0 Å². The highest BCUT2D eigenvalue weighted by atomic mass is 16.5. The van der Waals surface area contributed by atoms with Gasteiger partial charge in [0.15, 0.2) is 0 Å². The van der Waals surface area contributed by atoms with E-state index in [1.807, 2.05) is 19.9 Å². The number of aromatic nitrogens is 1. The summed E-state index contributed by atoms with van der Waals surface area (Å²) in [5.41, 5.74) is 0.889. The molecule has 0 saturated heterocycles. The van der Waals surface area contributed by atoms with E-state index in [1.54, 1.807) is 19.3 Å². The molecule has 0 saturated carbocycles. The van der Waals surface area contributed by atoms with E-state index in [0.717, 1.165) is 11.1 Å². The fourth-order valence-corrected chi connectivity index (χ4v) is 1.23. The minimum Gasteiger partial charge on any atom is -0.383 e. The molecule has 0 aliphatic rings. The van der Waals surface area contributed by atoms with Crippen LogP contribution >= 0.6 is 0 Å². The number of aliphatic hydroxyl groups is 1. The van der Waals surface area contributed by atoms with E-state index in [9.17, 15) is 5.11 Å². The van der Waals surface area contributed by atoms with Crippen molar-refractivity contribution < 1.29 is 9.84 Å². The first kappa shape index (κ1) is 11.1. The van der Waals surface area contributed by atoms with Crippen LogP contribution in [0.4, 0.5) is 0 Å². The molecule has 1 aromatic heterocycles. The maximum absolute atomic E-state index is 10.1. The molecule has 3 nitrogen and oxygen atoms in total. The third kappa shape index (κ3) is 2.79. The predicted molar refractivity (Wildman–Crippen MR) is 55.0 cm³/mol. The first-order valence-corrected chi connectivity index (χ1v) is 4.78. The molecule has 78 valence electrons. The summed E-state index contributed by atoms with van der Waals surface area (Å²) < 4.78 is 5.21. The molecule has 0 spiro atoms. The van der Waals surface area contributed by atoms with Gasteiger partial charge in [-0.05, 0) is 26.3 Å². The van der Waals surface area contributed by atoms with Crippen LogP contribution in [0.5, 0.6) is 0 Å². The Balaban J connectivity index is 2.80. The van der Waals surface area contributed by atoms with E-state index < -0.39 is 5.60 Å². The first-order valence-electron chi connectivity index (χ1n) is 4.78. The standard InChI is InChI=1S/C11H17NO2/c1-4-14-8-11(3,13)10-5-9(2)6-12-7-10/h5-7,13H,4,8H2,1-3H3. The molecule has 0 aliphatic carbocycles. The molecule has 0 bridgehead atoms. The number of rotatable bonds is 4. The van der Waals surface area contributed by atoms with Gasteiger partial charge in [-0.3, -0.25) is 4.98 Å². The van der Waals surface area contributed by atoms with E-state index in [4.69, 9.17) is 4.74 Å². The Bertz CT molecular complexity index is 297. The number of hydrogen-bond donors (Lipinski definition) is 1. The molecule has 0 fully saturated rings.